The van der Waals surface area contributed by atoms with Crippen LogP contribution in [0.15, 0.2) is 76.6 Å². The summed E-state index contributed by atoms with van der Waals surface area (Å²) in [4.78, 5) is 18.0. The van der Waals surface area contributed by atoms with Gasteiger partial charge in [-0.05, 0) is 67.4 Å². The highest BCUT2D eigenvalue weighted by Crippen LogP contribution is 2.23. The fourth-order valence-electron chi connectivity index (χ4n) is 3.56. The first-order chi connectivity index (χ1) is 15.8. The number of halogens is 1. The number of hydrogen-bond acceptors (Lipinski definition) is 4. The molecule has 170 valence electrons. The summed E-state index contributed by atoms with van der Waals surface area (Å²) >= 11 is 7.31. The SMILES string of the molecule is CCc1cccc2sc(=NC(=O)c3cccc(NS(=O)(=O)c4ccc(Cl)cc4)c3)n(CC)c12. The molecule has 33 heavy (non-hydrogen) atoms. The van der Waals surface area contributed by atoms with Crippen molar-refractivity contribution in [3.05, 3.63) is 87.7 Å². The molecule has 0 atom stereocenters. The van der Waals surface area contributed by atoms with E-state index in [1.165, 1.54) is 47.2 Å². The van der Waals surface area contributed by atoms with Crippen LogP contribution in [0.4, 0.5) is 5.69 Å². The van der Waals surface area contributed by atoms with Crippen LogP contribution in [0.1, 0.15) is 29.8 Å². The van der Waals surface area contributed by atoms with Crippen molar-refractivity contribution in [3.63, 3.8) is 0 Å². The second-order valence-electron chi connectivity index (χ2n) is 7.30. The van der Waals surface area contributed by atoms with Gasteiger partial charge in [-0.2, -0.15) is 4.99 Å². The molecule has 4 aromatic rings. The van der Waals surface area contributed by atoms with E-state index in [4.69, 9.17) is 11.6 Å². The molecule has 0 radical (unpaired) electrons. The minimum absolute atomic E-state index is 0.0781. The number of carbonyl (C=O) groups excluding carboxylic acids is 1. The van der Waals surface area contributed by atoms with Gasteiger partial charge in [0, 0.05) is 22.8 Å². The molecule has 9 heteroatoms. The van der Waals surface area contributed by atoms with Gasteiger partial charge in [0.1, 0.15) is 0 Å². The average molecular weight is 500 g/mol. The average Bonchev–Trinajstić information content (AvgIpc) is 3.16. The lowest BCUT2D eigenvalue weighted by atomic mass is 10.1. The summed E-state index contributed by atoms with van der Waals surface area (Å²) < 4.78 is 31.0. The Hall–Kier alpha value is -2.94. The molecule has 0 fully saturated rings. The molecule has 1 N–H and O–H groups in total. The van der Waals surface area contributed by atoms with Gasteiger partial charge < -0.3 is 4.57 Å². The molecule has 0 aliphatic heterocycles. The van der Waals surface area contributed by atoms with Crippen molar-refractivity contribution in [2.45, 2.75) is 31.7 Å². The number of rotatable bonds is 6. The van der Waals surface area contributed by atoms with Gasteiger partial charge in [0.15, 0.2) is 4.80 Å². The number of nitrogens with one attached hydrogen (secondary N) is 1. The van der Waals surface area contributed by atoms with Crippen LogP contribution < -0.4 is 9.52 Å². The van der Waals surface area contributed by atoms with Crippen LogP contribution in [0, 0.1) is 0 Å². The Morgan fingerprint density at radius 1 is 1.06 bits per heavy atom. The summed E-state index contributed by atoms with van der Waals surface area (Å²) in [5.41, 5.74) is 2.88. The quantitative estimate of drug-likeness (QED) is 0.381. The monoisotopic (exact) mass is 499 g/mol. The molecule has 0 bridgehead atoms. The van der Waals surface area contributed by atoms with Crippen molar-refractivity contribution >= 4 is 54.8 Å². The zero-order chi connectivity index (χ0) is 23.6. The van der Waals surface area contributed by atoms with Crippen LogP contribution >= 0.6 is 22.9 Å². The lowest BCUT2D eigenvalue weighted by Gasteiger charge is -2.09. The number of carbonyl (C=O) groups is 1. The molecule has 0 saturated heterocycles. The number of para-hydroxylation sites is 1. The molecule has 0 saturated carbocycles. The third kappa shape index (κ3) is 4.88. The van der Waals surface area contributed by atoms with Gasteiger partial charge in [-0.25, -0.2) is 8.42 Å². The molecule has 4 rings (SSSR count). The van der Waals surface area contributed by atoms with Gasteiger partial charge in [0.25, 0.3) is 15.9 Å². The maximum Gasteiger partial charge on any atom is 0.279 e. The van der Waals surface area contributed by atoms with Crippen LogP contribution in [0.2, 0.25) is 5.02 Å². The summed E-state index contributed by atoms with van der Waals surface area (Å²) in [5.74, 6) is -0.436. The zero-order valence-corrected chi connectivity index (χ0v) is 20.5. The minimum Gasteiger partial charge on any atom is -0.316 e. The van der Waals surface area contributed by atoms with E-state index >= 15 is 0 Å². The number of aryl methyl sites for hydroxylation is 2. The number of aromatic nitrogens is 1. The highest BCUT2D eigenvalue weighted by molar-refractivity contribution is 7.92. The predicted molar refractivity (Wildman–Crippen MR) is 133 cm³/mol. The van der Waals surface area contributed by atoms with E-state index in [0.29, 0.717) is 21.9 Å². The number of nitrogens with zero attached hydrogens (tertiary/aromatic N) is 2. The topological polar surface area (TPSA) is 80.5 Å². The zero-order valence-electron chi connectivity index (χ0n) is 18.1. The second-order valence-corrected chi connectivity index (χ2v) is 10.4. The van der Waals surface area contributed by atoms with Crippen molar-refractivity contribution < 1.29 is 13.2 Å². The first kappa shape index (κ1) is 23.2. The van der Waals surface area contributed by atoms with E-state index in [1.807, 2.05) is 23.6 Å². The van der Waals surface area contributed by atoms with Gasteiger partial charge in [-0.3, -0.25) is 9.52 Å². The van der Waals surface area contributed by atoms with Crippen LogP contribution in [0.3, 0.4) is 0 Å². The number of hydrogen-bond donors (Lipinski definition) is 1. The van der Waals surface area contributed by atoms with E-state index in [-0.39, 0.29) is 10.6 Å². The molecule has 1 aromatic heterocycles. The number of benzene rings is 3. The molecular formula is C24H22ClN3O3S2. The molecule has 1 amide bonds. The largest absolute Gasteiger partial charge is 0.316 e. The number of fused-ring (bicyclic) bond motifs is 1. The fourth-order valence-corrected chi connectivity index (χ4v) is 5.88. The Kier molecular flexibility index (Phi) is 6.69. The van der Waals surface area contributed by atoms with Crippen LogP contribution in [-0.2, 0) is 23.0 Å². The third-order valence-electron chi connectivity index (χ3n) is 5.16. The molecule has 3 aromatic carbocycles. The summed E-state index contributed by atoms with van der Waals surface area (Å²) in [5, 5.41) is 0.444. The van der Waals surface area contributed by atoms with E-state index in [2.05, 4.69) is 22.7 Å². The Balaban J connectivity index is 1.68. The maximum atomic E-state index is 13.0. The number of thiazole rings is 1. The summed E-state index contributed by atoms with van der Waals surface area (Å²) in [6, 6.07) is 18.3. The molecule has 0 aliphatic carbocycles. The lowest BCUT2D eigenvalue weighted by molar-refractivity contribution is 0.0998. The Bertz CT molecular complexity index is 1500. The Morgan fingerprint density at radius 3 is 2.48 bits per heavy atom. The minimum atomic E-state index is -3.82. The van der Waals surface area contributed by atoms with Gasteiger partial charge in [-0.1, -0.05) is 48.1 Å². The molecule has 6 nitrogen and oxygen atoms in total. The molecule has 0 aliphatic rings. The van der Waals surface area contributed by atoms with E-state index in [9.17, 15) is 13.2 Å². The maximum absolute atomic E-state index is 13.0. The van der Waals surface area contributed by atoms with Gasteiger partial charge in [0.2, 0.25) is 0 Å². The summed E-state index contributed by atoms with van der Waals surface area (Å²) in [6.07, 6.45) is 0.886. The lowest BCUT2D eigenvalue weighted by Crippen LogP contribution is -2.17. The van der Waals surface area contributed by atoms with Crippen molar-refractivity contribution in [2.24, 2.45) is 4.99 Å². The van der Waals surface area contributed by atoms with Crippen molar-refractivity contribution in [2.75, 3.05) is 4.72 Å². The van der Waals surface area contributed by atoms with E-state index < -0.39 is 15.9 Å². The predicted octanol–water partition coefficient (Wildman–Crippen LogP) is 5.48. The highest BCUT2D eigenvalue weighted by atomic mass is 35.5. The number of amides is 1. The second kappa shape index (κ2) is 9.51. The van der Waals surface area contributed by atoms with E-state index in [1.54, 1.807) is 18.2 Å². The normalized spacial score (nSPS) is 12.3. The first-order valence-electron chi connectivity index (χ1n) is 10.4. The van der Waals surface area contributed by atoms with Crippen LogP contribution in [0.5, 0.6) is 0 Å². The summed E-state index contributed by atoms with van der Waals surface area (Å²) in [6.45, 7) is 4.81. The molecule has 0 spiro atoms. The van der Waals surface area contributed by atoms with Crippen molar-refractivity contribution in [1.29, 1.82) is 0 Å². The highest BCUT2D eigenvalue weighted by Gasteiger charge is 2.16. The standard InChI is InChI=1S/C24H22ClN3O3S2/c1-3-16-7-6-10-21-22(16)28(4-2)24(32-21)26-23(29)17-8-5-9-19(15-17)27-33(30,31)20-13-11-18(25)12-14-20/h5-15,27H,3-4H2,1-2H3. The van der Waals surface area contributed by atoms with E-state index in [0.717, 1.165) is 16.6 Å². The van der Waals surface area contributed by atoms with Crippen LogP contribution in [-0.4, -0.2) is 18.9 Å². The molecule has 0 unspecified atom stereocenters. The third-order valence-corrected chi connectivity index (χ3v) is 7.86. The number of sulfonamides is 1. The van der Waals surface area contributed by atoms with Crippen LogP contribution in [0.25, 0.3) is 10.2 Å². The molecular weight excluding hydrogens is 478 g/mol. The van der Waals surface area contributed by atoms with Gasteiger partial charge in [0.05, 0.1) is 15.1 Å². The van der Waals surface area contributed by atoms with Crippen molar-refractivity contribution in [3.8, 4) is 0 Å². The Labute approximate surface area is 201 Å². The number of anilines is 1. The Morgan fingerprint density at radius 2 is 1.79 bits per heavy atom. The van der Waals surface area contributed by atoms with Gasteiger partial charge in [-0.15, -0.1) is 0 Å². The van der Waals surface area contributed by atoms with Gasteiger partial charge >= 0.3 is 0 Å². The fraction of sp³-hybridized carbons (Fsp3) is 0.167. The van der Waals surface area contributed by atoms with Crippen molar-refractivity contribution in [1.82, 2.24) is 4.57 Å². The summed E-state index contributed by atoms with van der Waals surface area (Å²) in [7, 11) is -3.82. The first-order valence-corrected chi connectivity index (χ1v) is 13.1. The smallest absolute Gasteiger partial charge is 0.279 e. The molecule has 1 heterocycles.